The zero-order valence-electron chi connectivity index (χ0n) is 14.0. The number of rotatable bonds is 6. The Morgan fingerprint density at radius 2 is 2.07 bits per heavy atom. The van der Waals surface area contributed by atoms with E-state index >= 15 is 0 Å². The highest BCUT2D eigenvalue weighted by molar-refractivity contribution is 5.73. The molecule has 2 N–H and O–H groups in total. The average Bonchev–Trinajstić information content (AvgIpc) is 3.13. The molecule has 2 aromatic rings. The summed E-state index contributed by atoms with van der Waals surface area (Å²) in [5, 5.41) is 16.9. The summed E-state index contributed by atoms with van der Waals surface area (Å²) >= 11 is 0. The van der Waals surface area contributed by atoms with Gasteiger partial charge in [0.05, 0.1) is 16.6 Å². The van der Waals surface area contributed by atoms with Gasteiger partial charge >= 0.3 is 11.9 Å². The molecule has 0 radical (unpaired) electrons. The maximum Gasteiger partial charge on any atom is 0.416 e. The number of anilines is 3. The molecule has 0 bridgehead atoms. The van der Waals surface area contributed by atoms with E-state index in [0.29, 0.717) is 13.2 Å². The molecular formula is C16H16F3N5O3. The van der Waals surface area contributed by atoms with Crippen LogP contribution in [0.25, 0.3) is 0 Å². The van der Waals surface area contributed by atoms with Crippen LogP contribution in [0, 0.1) is 10.1 Å². The Hall–Kier alpha value is -2.95. The highest BCUT2D eigenvalue weighted by Crippen LogP contribution is 2.34. The molecule has 144 valence electrons. The first-order chi connectivity index (χ1) is 12.8. The van der Waals surface area contributed by atoms with E-state index in [1.165, 1.54) is 12.1 Å². The minimum Gasteiger partial charge on any atom is -0.376 e. The number of aromatic nitrogens is 2. The normalized spacial score (nSPS) is 16.9. The van der Waals surface area contributed by atoms with Crippen molar-refractivity contribution in [3.05, 3.63) is 46.3 Å². The van der Waals surface area contributed by atoms with Crippen LogP contribution < -0.4 is 10.6 Å². The molecule has 0 aliphatic carbocycles. The lowest BCUT2D eigenvalue weighted by Gasteiger charge is -2.13. The molecule has 1 saturated heterocycles. The third-order valence-corrected chi connectivity index (χ3v) is 3.98. The third-order valence-electron chi connectivity index (χ3n) is 3.98. The van der Waals surface area contributed by atoms with Crippen LogP contribution in [0.3, 0.4) is 0 Å². The monoisotopic (exact) mass is 383 g/mol. The Bertz CT molecular complexity index is 825. The molecule has 11 heteroatoms. The Morgan fingerprint density at radius 3 is 2.74 bits per heavy atom. The molecule has 1 aromatic carbocycles. The summed E-state index contributed by atoms with van der Waals surface area (Å²) < 4.78 is 44.0. The number of nitro groups is 1. The van der Waals surface area contributed by atoms with Crippen molar-refractivity contribution < 1.29 is 22.8 Å². The second-order valence-electron chi connectivity index (χ2n) is 5.90. The third kappa shape index (κ3) is 4.61. The second-order valence-corrected chi connectivity index (χ2v) is 5.90. The van der Waals surface area contributed by atoms with Crippen molar-refractivity contribution in [1.29, 1.82) is 0 Å². The van der Waals surface area contributed by atoms with Gasteiger partial charge < -0.3 is 15.4 Å². The average molecular weight is 383 g/mol. The van der Waals surface area contributed by atoms with E-state index < -0.39 is 22.4 Å². The van der Waals surface area contributed by atoms with Crippen molar-refractivity contribution in [3.8, 4) is 0 Å². The van der Waals surface area contributed by atoms with Crippen LogP contribution in [0.5, 0.6) is 0 Å². The van der Waals surface area contributed by atoms with Crippen LogP contribution in [-0.4, -0.2) is 34.1 Å². The summed E-state index contributed by atoms with van der Waals surface area (Å²) in [7, 11) is 0. The van der Waals surface area contributed by atoms with Crippen molar-refractivity contribution >= 4 is 23.0 Å². The first-order valence-corrected chi connectivity index (χ1v) is 8.14. The standard InChI is InChI=1S/C16H16F3N5O3/c17-16(18,19)10-3-1-4-11(7-10)23-15-13(24(25)26)14(21-9-22-15)20-8-12-5-2-6-27-12/h1,3-4,7,9,12H,2,5-6,8H2,(H2,20,21,22,23). The van der Waals surface area contributed by atoms with Crippen LogP contribution in [0.4, 0.5) is 36.2 Å². The summed E-state index contributed by atoms with van der Waals surface area (Å²) in [5.74, 6) is -0.232. The number of benzene rings is 1. The molecule has 0 spiro atoms. The zero-order valence-corrected chi connectivity index (χ0v) is 14.0. The summed E-state index contributed by atoms with van der Waals surface area (Å²) in [6.45, 7) is 0.974. The highest BCUT2D eigenvalue weighted by atomic mass is 19.4. The van der Waals surface area contributed by atoms with Crippen LogP contribution in [0.2, 0.25) is 0 Å². The van der Waals surface area contributed by atoms with Gasteiger partial charge in [0.15, 0.2) is 0 Å². The van der Waals surface area contributed by atoms with E-state index in [2.05, 4.69) is 20.6 Å². The molecule has 1 aliphatic heterocycles. The largest absolute Gasteiger partial charge is 0.416 e. The van der Waals surface area contributed by atoms with Crippen molar-refractivity contribution in [2.45, 2.75) is 25.1 Å². The number of hydrogen-bond acceptors (Lipinski definition) is 7. The summed E-state index contributed by atoms with van der Waals surface area (Å²) in [5.41, 5.74) is -1.30. The van der Waals surface area contributed by atoms with E-state index in [0.717, 1.165) is 31.3 Å². The smallest absolute Gasteiger partial charge is 0.376 e. The predicted molar refractivity (Wildman–Crippen MR) is 90.9 cm³/mol. The fourth-order valence-electron chi connectivity index (χ4n) is 2.70. The van der Waals surface area contributed by atoms with E-state index in [-0.39, 0.29) is 23.4 Å². The molecule has 3 rings (SSSR count). The number of nitrogens with zero attached hydrogens (tertiary/aromatic N) is 3. The van der Waals surface area contributed by atoms with E-state index in [4.69, 9.17) is 4.74 Å². The summed E-state index contributed by atoms with van der Waals surface area (Å²) in [6.07, 6.45) is -1.74. The molecule has 1 unspecified atom stereocenters. The van der Waals surface area contributed by atoms with Crippen molar-refractivity contribution in [3.63, 3.8) is 0 Å². The van der Waals surface area contributed by atoms with Gasteiger partial charge in [-0.1, -0.05) is 6.07 Å². The molecule has 8 nitrogen and oxygen atoms in total. The lowest BCUT2D eigenvalue weighted by Crippen LogP contribution is -2.20. The van der Waals surface area contributed by atoms with Gasteiger partial charge in [0.25, 0.3) is 0 Å². The number of alkyl halides is 3. The fraction of sp³-hybridized carbons (Fsp3) is 0.375. The van der Waals surface area contributed by atoms with Crippen LogP contribution in [0.15, 0.2) is 30.6 Å². The Kier molecular flexibility index (Phi) is 5.40. The molecule has 0 saturated carbocycles. The number of hydrogen-bond donors (Lipinski definition) is 2. The number of nitrogens with one attached hydrogen (secondary N) is 2. The van der Waals surface area contributed by atoms with E-state index in [1.54, 1.807) is 0 Å². The predicted octanol–water partition coefficient (Wildman–Crippen LogP) is 3.74. The van der Waals surface area contributed by atoms with Crippen molar-refractivity contribution in [2.24, 2.45) is 0 Å². The Balaban J connectivity index is 1.84. The summed E-state index contributed by atoms with van der Waals surface area (Å²) in [6, 6.07) is 4.33. The van der Waals surface area contributed by atoms with Gasteiger partial charge in [0.2, 0.25) is 11.6 Å². The maximum absolute atomic E-state index is 12.8. The first-order valence-electron chi connectivity index (χ1n) is 8.14. The van der Waals surface area contributed by atoms with Gasteiger partial charge in [-0.3, -0.25) is 10.1 Å². The molecule has 1 fully saturated rings. The molecule has 1 atom stereocenters. The van der Waals surface area contributed by atoms with Crippen LogP contribution in [0.1, 0.15) is 18.4 Å². The van der Waals surface area contributed by atoms with Gasteiger partial charge in [-0.15, -0.1) is 0 Å². The van der Waals surface area contributed by atoms with Gasteiger partial charge in [0.1, 0.15) is 6.33 Å². The van der Waals surface area contributed by atoms with Crippen molar-refractivity contribution in [1.82, 2.24) is 9.97 Å². The van der Waals surface area contributed by atoms with Gasteiger partial charge in [-0.25, -0.2) is 9.97 Å². The molecular weight excluding hydrogens is 367 g/mol. The molecule has 1 aliphatic rings. The Morgan fingerprint density at radius 1 is 1.30 bits per heavy atom. The van der Waals surface area contributed by atoms with Crippen LogP contribution >= 0.6 is 0 Å². The highest BCUT2D eigenvalue weighted by Gasteiger charge is 2.31. The van der Waals surface area contributed by atoms with E-state index in [9.17, 15) is 23.3 Å². The maximum atomic E-state index is 12.8. The SMILES string of the molecule is O=[N+]([O-])c1c(NCC2CCCO2)ncnc1Nc1cccc(C(F)(F)F)c1. The quantitative estimate of drug-likeness (QED) is 0.579. The molecule has 27 heavy (non-hydrogen) atoms. The number of halogens is 3. The number of ether oxygens (including phenoxy) is 1. The first kappa shape index (κ1) is 18.8. The van der Waals surface area contributed by atoms with Gasteiger partial charge in [-0.05, 0) is 31.0 Å². The molecule has 2 heterocycles. The minimum absolute atomic E-state index is 0.0247. The molecule has 1 aromatic heterocycles. The second kappa shape index (κ2) is 7.74. The van der Waals surface area contributed by atoms with Gasteiger partial charge in [0, 0.05) is 18.8 Å². The lowest BCUT2D eigenvalue weighted by molar-refractivity contribution is -0.383. The minimum atomic E-state index is -4.52. The topological polar surface area (TPSA) is 102 Å². The van der Waals surface area contributed by atoms with Crippen molar-refractivity contribution in [2.75, 3.05) is 23.8 Å². The fourth-order valence-corrected chi connectivity index (χ4v) is 2.70. The summed E-state index contributed by atoms with van der Waals surface area (Å²) in [4.78, 5) is 18.5. The Labute approximate surface area is 151 Å². The van der Waals surface area contributed by atoms with Crippen LogP contribution in [-0.2, 0) is 10.9 Å². The van der Waals surface area contributed by atoms with E-state index in [1.807, 2.05) is 0 Å². The molecule has 0 amide bonds. The zero-order chi connectivity index (χ0) is 19.4. The lowest BCUT2D eigenvalue weighted by atomic mass is 10.2. The van der Waals surface area contributed by atoms with Gasteiger partial charge in [-0.2, -0.15) is 13.2 Å².